The molecule has 2 unspecified atom stereocenters. The number of fused-ring (bicyclic) bond motifs is 9. The summed E-state index contributed by atoms with van der Waals surface area (Å²) in [5.74, 6) is 0.310. The third-order valence-corrected chi connectivity index (χ3v) is 10.7. The highest BCUT2D eigenvalue weighted by molar-refractivity contribution is 6.26. The number of piperazine rings is 1. The first-order valence-electron chi connectivity index (χ1n) is 16.4. The summed E-state index contributed by atoms with van der Waals surface area (Å²) < 4.78 is 29.6. The Bertz CT molecular complexity index is 1860. The summed E-state index contributed by atoms with van der Waals surface area (Å²) in [5.41, 5.74) is 5.42. The van der Waals surface area contributed by atoms with Crippen LogP contribution in [0.25, 0.3) is 0 Å². The topological polar surface area (TPSA) is 131 Å². The number of likely N-dealkylation sites (N-methyl/N-ethyl adjacent to an activating group) is 1. The van der Waals surface area contributed by atoms with Crippen LogP contribution in [0.2, 0.25) is 0 Å². The van der Waals surface area contributed by atoms with E-state index in [0.29, 0.717) is 59.0 Å². The van der Waals surface area contributed by atoms with Crippen LogP contribution in [0.15, 0.2) is 36.4 Å². The number of aryl methyl sites for hydroxylation is 2. The largest absolute Gasteiger partial charge is 0.504 e. The maximum atomic E-state index is 13.3. The zero-order valence-electron chi connectivity index (χ0n) is 27.8. The van der Waals surface area contributed by atoms with Gasteiger partial charge in [-0.15, -0.1) is 11.6 Å². The highest BCUT2D eigenvalue weighted by Gasteiger charge is 2.57. The molecule has 49 heavy (non-hydrogen) atoms. The molecule has 12 heteroatoms. The van der Waals surface area contributed by atoms with Gasteiger partial charge in [-0.1, -0.05) is 36.4 Å². The number of aromatic hydroxyl groups is 1. The van der Waals surface area contributed by atoms with Crippen LogP contribution >= 0.6 is 11.6 Å². The number of alkyl halides is 1. The van der Waals surface area contributed by atoms with Crippen LogP contribution in [-0.2, 0) is 33.6 Å². The second kappa shape index (κ2) is 13.1. The minimum Gasteiger partial charge on any atom is -0.504 e. The summed E-state index contributed by atoms with van der Waals surface area (Å²) in [7, 11) is 3.50. The third kappa shape index (κ3) is 5.43. The van der Waals surface area contributed by atoms with Crippen molar-refractivity contribution in [3.05, 3.63) is 75.3 Å². The third-order valence-electron chi connectivity index (χ3n) is 10.5. The van der Waals surface area contributed by atoms with Crippen LogP contribution in [0.4, 0.5) is 0 Å². The number of rotatable bonds is 8. The Morgan fingerprint density at radius 3 is 2.53 bits per heavy atom. The van der Waals surface area contributed by atoms with Crippen molar-refractivity contribution in [3.63, 3.8) is 0 Å². The second-order valence-electron chi connectivity index (χ2n) is 13.0. The summed E-state index contributed by atoms with van der Waals surface area (Å²) in [6, 6.07) is 12.0. The number of esters is 2. The van der Waals surface area contributed by atoms with Gasteiger partial charge in [-0.25, -0.2) is 0 Å². The lowest BCUT2D eigenvalue weighted by atomic mass is 9.71. The van der Waals surface area contributed by atoms with Crippen molar-refractivity contribution >= 4 is 23.5 Å². The van der Waals surface area contributed by atoms with Crippen molar-refractivity contribution in [1.29, 1.82) is 5.26 Å². The number of carbonyl (C=O) groups excluding carboxylic acids is 2. The van der Waals surface area contributed by atoms with Gasteiger partial charge in [0.1, 0.15) is 24.3 Å². The molecule has 4 heterocycles. The molecular formula is C37H38ClN3O8. The average Bonchev–Trinajstić information content (AvgIpc) is 3.59. The van der Waals surface area contributed by atoms with Gasteiger partial charge < -0.3 is 28.8 Å². The Morgan fingerprint density at radius 1 is 1.06 bits per heavy atom. The van der Waals surface area contributed by atoms with Crippen molar-refractivity contribution in [2.24, 2.45) is 0 Å². The molecule has 5 atom stereocenters. The molecule has 0 spiro atoms. The Hall–Kier alpha value is -4.50. The van der Waals surface area contributed by atoms with Gasteiger partial charge in [0.25, 0.3) is 0 Å². The molecule has 0 amide bonds. The number of halogens is 1. The summed E-state index contributed by atoms with van der Waals surface area (Å²) in [6.07, 6.45) is 1.53. The van der Waals surface area contributed by atoms with E-state index in [0.717, 1.165) is 22.3 Å². The molecule has 2 bridgehead atoms. The number of benzene rings is 3. The maximum Gasteiger partial charge on any atom is 0.326 e. The molecule has 3 aromatic carbocycles. The van der Waals surface area contributed by atoms with Gasteiger partial charge in [0.2, 0.25) is 6.79 Å². The first-order chi connectivity index (χ1) is 23.7. The van der Waals surface area contributed by atoms with E-state index in [9.17, 15) is 20.0 Å². The number of ether oxygens (including phenoxy) is 5. The monoisotopic (exact) mass is 687 g/mol. The van der Waals surface area contributed by atoms with Gasteiger partial charge in [-0.05, 0) is 56.8 Å². The van der Waals surface area contributed by atoms with E-state index < -0.39 is 24.1 Å². The Balaban J connectivity index is 1.37. The predicted octanol–water partition coefficient (Wildman–Crippen LogP) is 4.84. The number of carbonyl (C=O) groups is 2. The Labute approximate surface area is 289 Å². The van der Waals surface area contributed by atoms with Gasteiger partial charge in [-0.2, -0.15) is 5.26 Å². The molecule has 1 saturated heterocycles. The molecule has 0 aromatic heterocycles. The highest BCUT2D eigenvalue weighted by Crippen LogP contribution is 2.58. The molecule has 256 valence electrons. The van der Waals surface area contributed by atoms with Crippen molar-refractivity contribution in [3.8, 4) is 34.8 Å². The van der Waals surface area contributed by atoms with Gasteiger partial charge in [0, 0.05) is 40.8 Å². The highest BCUT2D eigenvalue weighted by atomic mass is 35.5. The summed E-state index contributed by atoms with van der Waals surface area (Å²) in [6.45, 7) is 3.56. The number of hydrogen-bond donors (Lipinski definition) is 1. The molecule has 3 aromatic rings. The molecule has 11 nitrogen and oxygen atoms in total. The fourth-order valence-corrected chi connectivity index (χ4v) is 8.46. The molecule has 7 rings (SSSR count). The van der Waals surface area contributed by atoms with E-state index in [1.54, 1.807) is 6.92 Å². The van der Waals surface area contributed by atoms with Crippen LogP contribution in [0.5, 0.6) is 28.7 Å². The standard InChI is InChI=1S/C37H38ClN3O8/c1-19-12-22-13-24-26(16-39)41-25(32(40(24)3)30(22)33(44)34(19)45-4)14-23-31(27(41)17-46-28(42)11-10-21-8-6-5-7-9-21)37-36(47-18-48-37)20(2)35(23)49-29(43)15-38/h5-9,12,24-27,32,44H,10-11,13-15,17-18H2,1-4H3/t24-,25?,26?,27-,32-/m0/s1. The minimum atomic E-state index is -0.668. The smallest absolute Gasteiger partial charge is 0.326 e. The number of nitriles is 1. The average molecular weight is 688 g/mol. The van der Waals surface area contributed by atoms with Gasteiger partial charge in [0.05, 0.1) is 25.3 Å². The number of phenolic OH excluding ortho intramolecular Hbond substituents is 1. The van der Waals surface area contributed by atoms with E-state index in [4.69, 9.17) is 35.3 Å². The van der Waals surface area contributed by atoms with Crippen molar-refractivity contribution < 1.29 is 38.4 Å². The fraction of sp³-hybridized carbons (Fsp3) is 0.432. The van der Waals surface area contributed by atoms with Crippen LogP contribution in [0, 0.1) is 25.2 Å². The molecule has 4 aliphatic rings. The van der Waals surface area contributed by atoms with Crippen molar-refractivity contribution in [2.75, 3.05) is 33.4 Å². The van der Waals surface area contributed by atoms with Crippen LogP contribution < -0.4 is 18.9 Å². The molecule has 1 N–H and O–H groups in total. The van der Waals surface area contributed by atoms with Gasteiger partial charge >= 0.3 is 11.9 Å². The normalized spacial score (nSPS) is 23.5. The lowest BCUT2D eigenvalue weighted by Crippen LogP contribution is -2.68. The SMILES string of the molecule is COc1c(C)cc2c(c1O)[C@@H]1C3Cc4c(OC(=O)CCl)c(C)c5c(c4[C@H](COC(=O)CCc4ccccc4)N3C(C#N)[C@H](C2)N1C)OCO5. The van der Waals surface area contributed by atoms with E-state index in [1.807, 2.05) is 50.4 Å². The summed E-state index contributed by atoms with van der Waals surface area (Å²) >= 11 is 5.92. The van der Waals surface area contributed by atoms with Gasteiger partial charge in [0.15, 0.2) is 23.0 Å². The molecule has 0 radical (unpaired) electrons. The quantitative estimate of drug-likeness (QED) is 0.198. The van der Waals surface area contributed by atoms with E-state index in [1.165, 1.54) is 7.11 Å². The fourth-order valence-electron chi connectivity index (χ4n) is 8.41. The number of nitrogens with zero attached hydrogens (tertiary/aromatic N) is 3. The molecule has 0 aliphatic carbocycles. The molecule has 0 saturated carbocycles. The molecular weight excluding hydrogens is 650 g/mol. The maximum absolute atomic E-state index is 13.3. The van der Waals surface area contributed by atoms with Crippen LogP contribution in [-0.4, -0.2) is 78.4 Å². The van der Waals surface area contributed by atoms with E-state index >= 15 is 0 Å². The Morgan fingerprint density at radius 2 is 1.82 bits per heavy atom. The van der Waals surface area contributed by atoms with E-state index in [2.05, 4.69) is 15.9 Å². The Kier molecular flexibility index (Phi) is 8.82. The van der Waals surface area contributed by atoms with Gasteiger partial charge in [-0.3, -0.25) is 19.4 Å². The second-order valence-corrected chi connectivity index (χ2v) is 13.3. The predicted molar refractivity (Wildman–Crippen MR) is 178 cm³/mol. The first-order valence-corrected chi connectivity index (χ1v) is 16.9. The number of hydrogen-bond acceptors (Lipinski definition) is 11. The minimum absolute atomic E-state index is 0.0431. The summed E-state index contributed by atoms with van der Waals surface area (Å²) in [5, 5.41) is 22.6. The van der Waals surface area contributed by atoms with Crippen LogP contribution in [0.3, 0.4) is 0 Å². The zero-order chi connectivity index (χ0) is 34.6. The summed E-state index contributed by atoms with van der Waals surface area (Å²) in [4.78, 5) is 30.3. The lowest BCUT2D eigenvalue weighted by molar-refractivity contribution is -0.149. The number of methoxy groups -OCH3 is 1. The lowest BCUT2D eigenvalue weighted by Gasteiger charge is -2.59. The van der Waals surface area contributed by atoms with E-state index in [-0.39, 0.29) is 49.5 Å². The molecule has 4 aliphatic heterocycles. The number of phenols is 1. The molecule has 1 fully saturated rings. The van der Waals surface area contributed by atoms with Crippen molar-refractivity contribution in [1.82, 2.24) is 9.80 Å². The first kappa shape index (κ1) is 33.0. The van der Waals surface area contributed by atoms with Crippen LogP contribution in [0.1, 0.15) is 57.4 Å². The zero-order valence-corrected chi connectivity index (χ0v) is 28.6. The van der Waals surface area contributed by atoms with Crippen molar-refractivity contribution in [2.45, 2.75) is 69.7 Å².